The van der Waals surface area contributed by atoms with Gasteiger partial charge in [-0.25, -0.2) is 4.79 Å². The van der Waals surface area contributed by atoms with E-state index in [-0.39, 0.29) is 12.2 Å². The van der Waals surface area contributed by atoms with Crippen molar-refractivity contribution in [2.45, 2.75) is 12.5 Å². The van der Waals surface area contributed by atoms with E-state index in [4.69, 9.17) is 14.9 Å². The van der Waals surface area contributed by atoms with Crippen LogP contribution in [0.4, 0.5) is 0 Å². The van der Waals surface area contributed by atoms with Gasteiger partial charge in [-0.15, -0.1) is 0 Å². The van der Waals surface area contributed by atoms with E-state index in [0.717, 1.165) is 0 Å². The number of benzene rings is 1. The van der Waals surface area contributed by atoms with Gasteiger partial charge in [-0.1, -0.05) is 6.07 Å². The lowest BCUT2D eigenvalue weighted by Crippen LogP contribution is -2.21. The number of aromatic hydroxyl groups is 1. The van der Waals surface area contributed by atoms with E-state index in [9.17, 15) is 9.90 Å². The maximum atomic E-state index is 10.4. The highest BCUT2D eigenvalue weighted by molar-refractivity contribution is 5.72. The fourth-order valence-corrected chi connectivity index (χ4v) is 1.17. The largest absolute Gasteiger partial charge is 0.504 e. The lowest BCUT2D eigenvalue weighted by molar-refractivity contribution is -0.146. The van der Waals surface area contributed by atoms with E-state index < -0.39 is 12.1 Å². The summed E-state index contributed by atoms with van der Waals surface area (Å²) in [6, 6.07) is 4.47. The molecule has 5 nitrogen and oxygen atoms in total. The van der Waals surface area contributed by atoms with Gasteiger partial charge in [0.05, 0.1) is 7.11 Å². The van der Waals surface area contributed by atoms with Crippen LogP contribution in [0.25, 0.3) is 0 Å². The van der Waals surface area contributed by atoms with Crippen molar-refractivity contribution in [2.24, 2.45) is 0 Å². The fourth-order valence-electron chi connectivity index (χ4n) is 1.17. The summed E-state index contributed by atoms with van der Waals surface area (Å²) < 4.78 is 4.82. The minimum atomic E-state index is -1.46. The topological polar surface area (TPSA) is 87.0 Å². The molecule has 0 fully saturated rings. The smallest absolute Gasteiger partial charge is 0.332 e. The third-order valence-electron chi connectivity index (χ3n) is 1.96. The van der Waals surface area contributed by atoms with E-state index in [2.05, 4.69) is 0 Å². The van der Waals surface area contributed by atoms with E-state index in [1.807, 2.05) is 0 Å². The van der Waals surface area contributed by atoms with Crippen LogP contribution < -0.4 is 4.74 Å². The number of aliphatic carboxylic acids is 1. The SMILES string of the molecule is COc1ccc(CC(O)C(=O)O)cc1O. The molecule has 0 aliphatic heterocycles. The van der Waals surface area contributed by atoms with Crippen LogP contribution in [0.1, 0.15) is 5.56 Å². The van der Waals surface area contributed by atoms with Gasteiger partial charge in [-0.05, 0) is 17.7 Å². The van der Waals surface area contributed by atoms with Crippen molar-refractivity contribution in [1.29, 1.82) is 0 Å². The Morgan fingerprint density at radius 3 is 2.67 bits per heavy atom. The Morgan fingerprint density at radius 1 is 1.53 bits per heavy atom. The molecule has 0 radical (unpaired) electrons. The first-order valence-electron chi connectivity index (χ1n) is 4.31. The predicted molar refractivity (Wildman–Crippen MR) is 52.0 cm³/mol. The van der Waals surface area contributed by atoms with Crippen molar-refractivity contribution in [3.05, 3.63) is 23.8 Å². The summed E-state index contributed by atoms with van der Waals surface area (Å²) in [5, 5.41) is 26.9. The summed E-state index contributed by atoms with van der Waals surface area (Å²) in [5.74, 6) is -1.05. The third kappa shape index (κ3) is 2.85. The molecule has 0 aliphatic carbocycles. The minimum Gasteiger partial charge on any atom is -0.504 e. The van der Waals surface area contributed by atoms with Crippen molar-refractivity contribution >= 4 is 5.97 Å². The van der Waals surface area contributed by atoms with Crippen LogP contribution in [-0.2, 0) is 11.2 Å². The summed E-state index contributed by atoms with van der Waals surface area (Å²) in [5.41, 5.74) is 0.531. The molecule has 1 unspecified atom stereocenters. The first kappa shape index (κ1) is 11.3. The number of ether oxygens (including phenoxy) is 1. The van der Waals surface area contributed by atoms with Gasteiger partial charge in [0.25, 0.3) is 0 Å². The Balaban J connectivity index is 2.79. The lowest BCUT2D eigenvalue weighted by Gasteiger charge is -2.08. The zero-order chi connectivity index (χ0) is 11.4. The molecule has 0 heterocycles. The number of phenolic OH excluding ortho intramolecular Hbond substituents is 1. The Morgan fingerprint density at radius 2 is 2.20 bits per heavy atom. The quantitative estimate of drug-likeness (QED) is 0.672. The first-order chi connectivity index (χ1) is 7.04. The number of methoxy groups -OCH3 is 1. The molecule has 0 saturated heterocycles. The van der Waals surface area contributed by atoms with Crippen LogP contribution in [0.15, 0.2) is 18.2 Å². The normalized spacial score (nSPS) is 12.1. The molecule has 0 amide bonds. The molecule has 0 bridgehead atoms. The number of hydrogen-bond acceptors (Lipinski definition) is 4. The number of carboxylic acids is 1. The maximum Gasteiger partial charge on any atom is 0.332 e. The predicted octanol–water partition coefficient (Wildman–Crippen LogP) is 0.389. The van der Waals surface area contributed by atoms with Crippen LogP contribution in [0.5, 0.6) is 11.5 Å². The van der Waals surface area contributed by atoms with Gasteiger partial charge in [0.1, 0.15) is 0 Å². The van der Waals surface area contributed by atoms with Gasteiger partial charge in [-0.2, -0.15) is 0 Å². The number of carbonyl (C=O) groups is 1. The highest BCUT2D eigenvalue weighted by atomic mass is 16.5. The van der Waals surface area contributed by atoms with Gasteiger partial charge < -0.3 is 20.1 Å². The van der Waals surface area contributed by atoms with Gasteiger partial charge in [-0.3, -0.25) is 0 Å². The van der Waals surface area contributed by atoms with Gasteiger partial charge in [0.2, 0.25) is 0 Å². The van der Waals surface area contributed by atoms with E-state index in [0.29, 0.717) is 11.3 Å². The summed E-state index contributed by atoms with van der Waals surface area (Å²) in [4.78, 5) is 10.4. The summed E-state index contributed by atoms with van der Waals surface area (Å²) in [7, 11) is 1.42. The Kier molecular flexibility index (Phi) is 3.51. The molecule has 0 aliphatic rings. The molecule has 15 heavy (non-hydrogen) atoms. The highest BCUT2D eigenvalue weighted by Crippen LogP contribution is 2.26. The van der Waals surface area contributed by atoms with Crippen molar-refractivity contribution < 1.29 is 24.9 Å². The van der Waals surface area contributed by atoms with Crippen LogP contribution in [-0.4, -0.2) is 34.5 Å². The highest BCUT2D eigenvalue weighted by Gasteiger charge is 2.14. The Bertz CT molecular complexity index is 361. The summed E-state index contributed by atoms with van der Waals surface area (Å²) >= 11 is 0. The molecule has 82 valence electrons. The zero-order valence-electron chi connectivity index (χ0n) is 8.17. The molecular formula is C10H12O5. The molecule has 1 atom stereocenters. The molecule has 1 aromatic carbocycles. The molecule has 1 rings (SSSR count). The third-order valence-corrected chi connectivity index (χ3v) is 1.96. The molecule has 0 aromatic heterocycles. The average Bonchev–Trinajstić information content (AvgIpc) is 2.18. The first-order valence-corrected chi connectivity index (χ1v) is 4.31. The number of carboxylic acid groups (broad SMARTS) is 1. The average molecular weight is 212 g/mol. The number of phenols is 1. The number of aliphatic hydroxyl groups excluding tert-OH is 1. The lowest BCUT2D eigenvalue weighted by atomic mass is 10.1. The van der Waals surface area contributed by atoms with Crippen LogP contribution in [0, 0.1) is 0 Å². The van der Waals surface area contributed by atoms with E-state index >= 15 is 0 Å². The minimum absolute atomic E-state index is 0.0487. The standard InChI is InChI=1S/C10H12O5/c1-15-9-3-2-6(4-7(9)11)5-8(12)10(13)14/h2-4,8,11-12H,5H2,1H3,(H,13,14). The Hall–Kier alpha value is -1.75. The molecule has 3 N–H and O–H groups in total. The monoisotopic (exact) mass is 212 g/mol. The number of rotatable bonds is 4. The maximum absolute atomic E-state index is 10.4. The van der Waals surface area contributed by atoms with E-state index in [1.54, 1.807) is 6.07 Å². The molecule has 5 heteroatoms. The van der Waals surface area contributed by atoms with Gasteiger partial charge >= 0.3 is 5.97 Å². The molecule has 1 aromatic rings. The van der Waals surface area contributed by atoms with Crippen molar-refractivity contribution in [2.75, 3.05) is 7.11 Å². The van der Waals surface area contributed by atoms with Crippen LogP contribution >= 0.6 is 0 Å². The van der Waals surface area contributed by atoms with Crippen molar-refractivity contribution in [3.8, 4) is 11.5 Å². The van der Waals surface area contributed by atoms with Crippen molar-refractivity contribution in [3.63, 3.8) is 0 Å². The second-order valence-electron chi connectivity index (χ2n) is 3.06. The van der Waals surface area contributed by atoms with Crippen LogP contribution in [0.2, 0.25) is 0 Å². The second-order valence-corrected chi connectivity index (χ2v) is 3.06. The zero-order valence-corrected chi connectivity index (χ0v) is 8.17. The fraction of sp³-hybridized carbons (Fsp3) is 0.300. The number of hydrogen-bond donors (Lipinski definition) is 3. The van der Waals surface area contributed by atoms with Gasteiger partial charge in [0, 0.05) is 6.42 Å². The summed E-state index contributed by atoms with van der Waals surface area (Å²) in [6.45, 7) is 0. The van der Waals surface area contributed by atoms with Crippen LogP contribution in [0.3, 0.4) is 0 Å². The number of aliphatic hydroxyl groups is 1. The van der Waals surface area contributed by atoms with Crippen molar-refractivity contribution in [1.82, 2.24) is 0 Å². The molecule has 0 saturated carbocycles. The van der Waals surface area contributed by atoms with E-state index in [1.165, 1.54) is 19.2 Å². The van der Waals surface area contributed by atoms with Gasteiger partial charge in [0.15, 0.2) is 17.6 Å². The molecule has 0 spiro atoms. The second kappa shape index (κ2) is 4.65. The summed E-state index contributed by atoms with van der Waals surface area (Å²) in [6.07, 6.45) is -1.51. The molecular weight excluding hydrogens is 200 g/mol. The Labute approximate surface area is 86.5 Å².